The molecule has 0 radical (unpaired) electrons. The van der Waals surface area contributed by atoms with Gasteiger partial charge in [0.1, 0.15) is 0 Å². The van der Waals surface area contributed by atoms with Crippen molar-refractivity contribution in [3.05, 3.63) is 70.7 Å². The molecule has 7 heteroatoms. The van der Waals surface area contributed by atoms with Crippen molar-refractivity contribution in [2.24, 2.45) is 5.73 Å². The van der Waals surface area contributed by atoms with Crippen molar-refractivity contribution in [3.8, 4) is 0 Å². The Balaban J connectivity index is 1.62. The first-order valence-electron chi connectivity index (χ1n) is 8.78. The van der Waals surface area contributed by atoms with E-state index < -0.39 is 6.03 Å². The van der Waals surface area contributed by atoms with Crippen LogP contribution in [0, 0.1) is 0 Å². The predicted molar refractivity (Wildman–Crippen MR) is 110 cm³/mol. The standard InChI is InChI=1S/C20H22ClN3O2S/c21-16-8-6-15(7-9-16)19(14-4-2-1-3-5-14)27-13-18(25)23-17-10-11-24(12-17)20(22)26/h1-9,17,19H,10-13H2,(H2,22,26)(H,23,25)/t17-,19-/m0/s1. The summed E-state index contributed by atoms with van der Waals surface area (Å²) >= 11 is 7.58. The molecule has 2 atom stereocenters. The fraction of sp³-hybridized carbons (Fsp3) is 0.300. The van der Waals surface area contributed by atoms with Crippen LogP contribution < -0.4 is 11.1 Å². The zero-order valence-corrected chi connectivity index (χ0v) is 16.4. The second-order valence-corrected chi connectivity index (χ2v) is 8.02. The topological polar surface area (TPSA) is 75.4 Å². The summed E-state index contributed by atoms with van der Waals surface area (Å²) in [5.74, 6) is 0.293. The van der Waals surface area contributed by atoms with Crippen molar-refractivity contribution in [2.45, 2.75) is 17.7 Å². The summed E-state index contributed by atoms with van der Waals surface area (Å²) in [6, 6.07) is 17.3. The molecule has 3 amide bonds. The van der Waals surface area contributed by atoms with Gasteiger partial charge in [0, 0.05) is 24.2 Å². The van der Waals surface area contributed by atoms with Gasteiger partial charge >= 0.3 is 6.03 Å². The Morgan fingerprint density at radius 3 is 2.44 bits per heavy atom. The first kappa shape index (κ1) is 19.6. The van der Waals surface area contributed by atoms with Crippen LogP contribution in [0.25, 0.3) is 0 Å². The molecule has 0 aliphatic carbocycles. The van der Waals surface area contributed by atoms with E-state index in [1.807, 2.05) is 42.5 Å². The highest BCUT2D eigenvalue weighted by Gasteiger charge is 2.26. The fourth-order valence-corrected chi connectivity index (χ4v) is 4.38. The molecule has 2 aromatic rings. The van der Waals surface area contributed by atoms with E-state index >= 15 is 0 Å². The number of halogens is 1. The van der Waals surface area contributed by atoms with Crippen LogP contribution in [-0.4, -0.2) is 41.7 Å². The summed E-state index contributed by atoms with van der Waals surface area (Å²) in [5, 5.41) is 3.73. The van der Waals surface area contributed by atoms with Crippen molar-refractivity contribution >= 4 is 35.3 Å². The first-order chi connectivity index (χ1) is 13.0. The third-order valence-corrected chi connectivity index (χ3v) is 6.08. The molecule has 0 bridgehead atoms. The number of likely N-dealkylation sites (tertiary alicyclic amines) is 1. The molecule has 3 N–H and O–H groups in total. The summed E-state index contributed by atoms with van der Waals surface area (Å²) in [5.41, 5.74) is 7.53. The van der Waals surface area contributed by atoms with Crippen LogP contribution >= 0.6 is 23.4 Å². The predicted octanol–water partition coefficient (Wildman–Crippen LogP) is 3.43. The van der Waals surface area contributed by atoms with Crippen LogP contribution in [0.1, 0.15) is 22.8 Å². The van der Waals surface area contributed by atoms with Gasteiger partial charge < -0.3 is 16.0 Å². The van der Waals surface area contributed by atoms with E-state index in [9.17, 15) is 9.59 Å². The maximum Gasteiger partial charge on any atom is 0.314 e. The summed E-state index contributed by atoms with van der Waals surface area (Å²) in [7, 11) is 0. The Hall–Kier alpha value is -2.18. The molecule has 1 aliphatic rings. The molecule has 142 valence electrons. The van der Waals surface area contributed by atoms with Gasteiger partial charge in [0.2, 0.25) is 5.91 Å². The Labute approximate surface area is 168 Å². The molecule has 1 heterocycles. The smallest absolute Gasteiger partial charge is 0.314 e. The lowest BCUT2D eigenvalue weighted by atomic mass is 10.0. The highest BCUT2D eigenvalue weighted by Crippen LogP contribution is 2.35. The molecule has 2 aromatic carbocycles. The third-order valence-electron chi connectivity index (χ3n) is 4.52. The van der Waals surface area contributed by atoms with Crippen LogP contribution in [0.3, 0.4) is 0 Å². The number of carbonyl (C=O) groups excluding carboxylic acids is 2. The average Bonchev–Trinajstić information content (AvgIpc) is 3.13. The zero-order valence-electron chi connectivity index (χ0n) is 14.8. The number of hydrogen-bond donors (Lipinski definition) is 2. The zero-order chi connectivity index (χ0) is 19.2. The van der Waals surface area contributed by atoms with Gasteiger partial charge in [0.25, 0.3) is 0 Å². The molecular weight excluding hydrogens is 382 g/mol. The van der Waals surface area contributed by atoms with Crippen molar-refractivity contribution < 1.29 is 9.59 Å². The number of benzene rings is 2. The van der Waals surface area contributed by atoms with Gasteiger partial charge in [-0.15, -0.1) is 11.8 Å². The quantitative estimate of drug-likeness (QED) is 0.775. The lowest BCUT2D eigenvalue weighted by Crippen LogP contribution is -2.40. The Kier molecular flexibility index (Phi) is 6.63. The molecule has 1 fully saturated rings. The number of urea groups is 1. The minimum absolute atomic E-state index is 0.0312. The molecule has 0 spiro atoms. The molecule has 3 rings (SSSR count). The molecular formula is C20H22ClN3O2S. The van der Waals surface area contributed by atoms with Gasteiger partial charge in [-0.05, 0) is 29.7 Å². The fourth-order valence-electron chi connectivity index (χ4n) is 3.16. The number of hydrogen-bond acceptors (Lipinski definition) is 3. The second kappa shape index (κ2) is 9.15. The van der Waals surface area contributed by atoms with Gasteiger partial charge in [0.05, 0.1) is 11.0 Å². The number of thioether (sulfide) groups is 1. The van der Waals surface area contributed by atoms with Gasteiger partial charge in [-0.25, -0.2) is 4.79 Å². The van der Waals surface area contributed by atoms with Crippen LogP contribution in [0.5, 0.6) is 0 Å². The van der Waals surface area contributed by atoms with Crippen LogP contribution in [0.4, 0.5) is 4.79 Å². The Morgan fingerprint density at radius 2 is 1.81 bits per heavy atom. The van der Waals surface area contributed by atoms with E-state index in [1.54, 1.807) is 16.7 Å². The number of carbonyl (C=O) groups is 2. The molecule has 0 aromatic heterocycles. The minimum atomic E-state index is -0.437. The minimum Gasteiger partial charge on any atom is -0.351 e. The lowest BCUT2D eigenvalue weighted by molar-refractivity contribution is -0.119. The molecule has 5 nitrogen and oxygen atoms in total. The number of rotatable bonds is 6. The van der Waals surface area contributed by atoms with Crippen LogP contribution in [-0.2, 0) is 4.79 Å². The van der Waals surface area contributed by atoms with E-state index in [4.69, 9.17) is 17.3 Å². The average molecular weight is 404 g/mol. The van der Waals surface area contributed by atoms with Gasteiger partial charge in [-0.3, -0.25) is 4.79 Å². The van der Waals surface area contributed by atoms with Crippen molar-refractivity contribution in [3.63, 3.8) is 0 Å². The van der Waals surface area contributed by atoms with E-state index in [0.29, 0.717) is 23.9 Å². The van der Waals surface area contributed by atoms with Gasteiger partial charge in [-0.1, -0.05) is 54.1 Å². The van der Waals surface area contributed by atoms with E-state index in [-0.39, 0.29) is 17.2 Å². The maximum absolute atomic E-state index is 12.4. The van der Waals surface area contributed by atoms with Crippen molar-refractivity contribution in [1.29, 1.82) is 0 Å². The van der Waals surface area contributed by atoms with Crippen LogP contribution in [0.15, 0.2) is 54.6 Å². The van der Waals surface area contributed by atoms with E-state index in [0.717, 1.165) is 17.5 Å². The Morgan fingerprint density at radius 1 is 1.15 bits per heavy atom. The van der Waals surface area contributed by atoms with Crippen LogP contribution in [0.2, 0.25) is 5.02 Å². The summed E-state index contributed by atoms with van der Waals surface area (Å²) in [4.78, 5) is 25.2. The maximum atomic E-state index is 12.4. The first-order valence-corrected chi connectivity index (χ1v) is 10.2. The number of nitrogens with zero attached hydrogens (tertiary/aromatic N) is 1. The highest BCUT2D eigenvalue weighted by atomic mass is 35.5. The lowest BCUT2D eigenvalue weighted by Gasteiger charge is -2.19. The summed E-state index contributed by atoms with van der Waals surface area (Å²) in [6.45, 7) is 1.07. The summed E-state index contributed by atoms with van der Waals surface area (Å²) < 4.78 is 0. The number of nitrogens with two attached hydrogens (primary N) is 1. The van der Waals surface area contributed by atoms with Crippen molar-refractivity contribution in [2.75, 3.05) is 18.8 Å². The molecule has 0 unspecified atom stereocenters. The largest absolute Gasteiger partial charge is 0.351 e. The normalized spacial score (nSPS) is 17.5. The number of primary amides is 1. The Bertz CT molecular complexity index is 786. The summed E-state index contributed by atoms with van der Waals surface area (Å²) in [6.07, 6.45) is 0.735. The van der Waals surface area contributed by atoms with E-state index in [1.165, 1.54) is 0 Å². The molecule has 27 heavy (non-hydrogen) atoms. The van der Waals surface area contributed by atoms with E-state index in [2.05, 4.69) is 17.4 Å². The molecule has 0 saturated carbocycles. The monoisotopic (exact) mass is 403 g/mol. The highest BCUT2D eigenvalue weighted by molar-refractivity contribution is 8.00. The number of nitrogens with one attached hydrogen (secondary N) is 1. The molecule has 1 aliphatic heterocycles. The molecule has 1 saturated heterocycles. The SMILES string of the molecule is NC(=O)N1CC[C@H](NC(=O)CS[C@@H](c2ccccc2)c2ccc(Cl)cc2)C1. The number of amides is 3. The van der Waals surface area contributed by atoms with Gasteiger partial charge in [0.15, 0.2) is 0 Å². The third kappa shape index (κ3) is 5.40. The second-order valence-electron chi connectivity index (χ2n) is 6.49. The van der Waals surface area contributed by atoms with Crippen molar-refractivity contribution in [1.82, 2.24) is 10.2 Å². The van der Waals surface area contributed by atoms with Gasteiger partial charge in [-0.2, -0.15) is 0 Å².